The molecule has 0 amide bonds. The molecule has 3 aliphatic carbocycles. The van der Waals surface area contributed by atoms with Crippen LogP contribution in [0.2, 0.25) is 0 Å². The van der Waals surface area contributed by atoms with Gasteiger partial charge in [-0.1, -0.05) is 78.0 Å². The minimum atomic E-state index is -1.74. The van der Waals surface area contributed by atoms with E-state index in [0.29, 0.717) is 24.0 Å². The van der Waals surface area contributed by atoms with Crippen LogP contribution < -0.4 is 0 Å². The molecule has 2 aromatic rings. The van der Waals surface area contributed by atoms with Crippen molar-refractivity contribution in [1.29, 1.82) is 0 Å². The number of carbonyl (C=O) groups excluding carboxylic acids is 1. The first kappa shape index (κ1) is 16.9. The summed E-state index contributed by atoms with van der Waals surface area (Å²) in [7, 11) is 0. The summed E-state index contributed by atoms with van der Waals surface area (Å²) in [5.74, 6) is -1.24. The number of hydrogen-bond donors (Lipinski definition) is 0. The molecule has 0 aromatic heterocycles. The van der Waals surface area contributed by atoms with E-state index in [9.17, 15) is 14.9 Å². The van der Waals surface area contributed by atoms with Gasteiger partial charge in [0.2, 0.25) is 5.78 Å². The zero-order valence-corrected chi connectivity index (χ0v) is 15.0. The Hall–Kier alpha value is -3.28. The molecule has 4 aliphatic rings. The van der Waals surface area contributed by atoms with E-state index in [1.807, 2.05) is 24.3 Å². The molecule has 0 spiro atoms. The van der Waals surface area contributed by atoms with Gasteiger partial charge in [-0.3, -0.25) is 14.9 Å². The van der Waals surface area contributed by atoms with Gasteiger partial charge in [0.1, 0.15) is 0 Å². The summed E-state index contributed by atoms with van der Waals surface area (Å²) in [4.78, 5) is 32.0. The topological polar surface area (TPSA) is 81.8 Å². The fourth-order valence-electron chi connectivity index (χ4n) is 5.15. The quantitative estimate of drug-likeness (QED) is 0.354. The van der Waals surface area contributed by atoms with Gasteiger partial charge in [-0.05, 0) is 12.8 Å². The maximum absolute atomic E-state index is 13.7. The number of ketones is 1. The summed E-state index contributed by atoms with van der Waals surface area (Å²) in [6.07, 6.45) is 5.06. The fraction of sp³-hybridized carbons (Fsp3) is 0.273. The van der Waals surface area contributed by atoms with E-state index in [1.165, 1.54) is 0 Å². The molecule has 0 unspecified atom stereocenters. The van der Waals surface area contributed by atoms with Gasteiger partial charge in [-0.2, -0.15) is 0 Å². The number of hydrogen-bond acceptors (Lipinski definition) is 5. The van der Waals surface area contributed by atoms with E-state index in [-0.39, 0.29) is 16.4 Å². The number of oxime groups is 1. The molecule has 6 heteroatoms. The van der Waals surface area contributed by atoms with Crippen molar-refractivity contribution in [3.8, 4) is 0 Å². The maximum Gasteiger partial charge on any atom is 0.323 e. The molecular formula is C22H18N2O4. The normalized spacial score (nSPS) is 32.4. The molecule has 0 N–H and O–H groups in total. The molecule has 2 bridgehead atoms. The minimum absolute atomic E-state index is 0.237. The van der Waals surface area contributed by atoms with Gasteiger partial charge in [0.15, 0.2) is 5.71 Å². The highest BCUT2D eigenvalue weighted by Crippen LogP contribution is 2.58. The predicted molar refractivity (Wildman–Crippen MR) is 103 cm³/mol. The van der Waals surface area contributed by atoms with Crippen LogP contribution in [0, 0.1) is 22.0 Å². The SMILES string of the molecule is O=C(c1ccccc1)[C@@]12ON=C(c3ccccc3)[C@]1([N+](=O)[O-])[C@H]1C=C[C@@H]2CC1. The lowest BCUT2D eigenvalue weighted by atomic mass is 9.51. The Morgan fingerprint density at radius 1 is 1.00 bits per heavy atom. The van der Waals surface area contributed by atoms with E-state index in [0.717, 1.165) is 0 Å². The van der Waals surface area contributed by atoms with E-state index in [1.54, 1.807) is 48.5 Å². The monoisotopic (exact) mass is 374 g/mol. The number of nitrogens with zero attached hydrogens (tertiary/aromatic N) is 2. The molecule has 28 heavy (non-hydrogen) atoms. The Balaban J connectivity index is 1.77. The molecule has 1 fully saturated rings. The first-order valence-electron chi connectivity index (χ1n) is 9.37. The third kappa shape index (κ3) is 1.87. The van der Waals surface area contributed by atoms with Gasteiger partial charge in [0.05, 0.1) is 5.92 Å². The Bertz CT molecular complexity index is 1020. The second-order valence-corrected chi connectivity index (χ2v) is 7.53. The zero-order chi connectivity index (χ0) is 19.4. The summed E-state index contributed by atoms with van der Waals surface area (Å²) in [5.41, 5.74) is -2.15. The molecule has 1 saturated carbocycles. The van der Waals surface area contributed by atoms with Crippen LogP contribution >= 0.6 is 0 Å². The molecule has 0 radical (unpaired) electrons. The predicted octanol–water partition coefficient (Wildman–Crippen LogP) is 3.65. The van der Waals surface area contributed by atoms with Crippen LogP contribution in [0.25, 0.3) is 0 Å². The van der Waals surface area contributed by atoms with E-state index < -0.39 is 23.0 Å². The maximum atomic E-state index is 13.7. The smallest absolute Gasteiger partial charge is 0.323 e. The summed E-state index contributed by atoms with van der Waals surface area (Å²) in [6.45, 7) is 0. The van der Waals surface area contributed by atoms with E-state index in [4.69, 9.17) is 4.84 Å². The van der Waals surface area contributed by atoms with E-state index >= 15 is 0 Å². The van der Waals surface area contributed by atoms with Crippen LogP contribution in [0.15, 0.2) is 78.0 Å². The number of benzene rings is 2. The van der Waals surface area contributed by atoms with Gasteiger partial charge in [0, 0.05) is 22.0 Å². The van der Waals surface area contributed by atoms with Crippen LogP contribution in [0.4, 0.5) is 0 Å². The molecule has 4 atom stereocenters. The number of nitro groups is 1. The second kappa shape index (κ2) is 5.86. The molecule has 1 aliphatic heterocycles. The molecule has 6 rings (SSSR count). The van der Waals surface area contributed by atoms with Gasteiger partial charge in [0.25, 0.3) is 5.60 Å². The summed E-state index contributed by atoms with van der Waals surface area (Å²) in [5, 5.41) is 16.9. The van der Waals surface area contributed by atoms with Crippen molar-refractivity contribution in [2.24, 2.45) is 17.0 Å². The lowest BCUT2D eigenvalue weighted by Crippen LogP contribution is -2.74. The second-order valence-electron chi connectivity index (χ2n) is 7.53. The van der Waals surface area contributed by atoms with Crippen molar-refractivity contribution >= 4 is 11.5 Å². The van der Waals surface area contributed by atoms with Gasteiger partial charge < -0.3 is 4.84 Å². The highest BCUT2D eigenvalue weighted by atomic mass is 16.7. The van der Waals surface area contributed by atoms with Crippen molar-refractivity contribution < 1.29 is 14.6 Å². The van der Waals surface area contributed by atoms with Crippen LogP contribution in [-0.4, -0.2) is 27.6 Å². The highest BCUT2D eigenvalue weighted by molar-refractivity contribution is 6.16. The molecule has 6 nitrogen and oxygen atoms in total. The first-order valence-corrected chi connectivity index (χ1v) is 9.37. The Kier molecular flexibility index (Phi) is 3.53. The number of fused-ring (bicyclic) bond motifs is 1. The van der Waals surface area contributed by atoms with Crippen molar-refractivity contribution in [2.45, 2.75) is 24.0 Å². The van der Waals surface area contributed by atoms with Gasteiger partial charge in [-0.25, -0.2) is 0 Å². The average molecular weight is 374 g/mol. The lowest BCUT2D eigenvalue weighted by Gasteiger charge is -2.49. The van der Waals surface area contributed by atoms with Crippen molar-refractivity contribution in [1.82, 2.24) is 0 Å². The van der Waals surface area contributed by atoms with Crippen molar-refractivity contribution in [2.75, 3.05) is 0 Å². The van der Waals surface area contributed by atoms with Gasteiger partial charge >= 0.3 is 5.54 Å². The zero-order valence-electron chi connectivity index (χ0n) is 15.0. The summed E-state index contributed by atoms with van der Waals surface area (Å²) in [6, 6.07) is 17.7. The molecule has 1 heterocycles. The fourth-order valence-corrected chi connectivity index (χ4v) is 5.15. The standard InChI is InChI=1S/C22H18N2O4/c25-20(16-9-5-2-6-10-16)22-18-13-11-17(12-14-18)21(22,24(26)27)19(23-28-22)15-7-3-1-4-8-15/h1-11,13,17-18H,12,14H2/t17-,18+,21+,22+/m0/s1. The largest absolute Gasteiger partial charge is 0.371 e. The minimum Gasteiger partial charge on any atom is -0.371 e. The average Bonchev–Trinajstić information content (AvgIpc) is 3.16. The summed E-state index contributed by atoms with van der Waals surface area (Å²) < 4.78 is 0. The third-order valence-corrected chi connectivity index (χ3v) is 6.34. The lowest BCUT2D eigenvalue weighted by molar-refractivity contribution is -0.578. The molecular weight excluding hydrogens is 356 g/mol. The Labute approximate surface area is 161 Å². The van der Waals surface area contributed by atoms with Crippen molar-refractivity contribution in [3.05, 3.63) is 94.1 Å². The highest BCUT2D eigenvalue weighted by Gasteiger charge is 2.82. The van der Waals surface area contributed by atoms with E-state index in [2.05, 4.69) is 5.16 Å². The van der Waals surface area contributed by atoms with Crippen LogP contribution in [0.3, 0.4) is 0 Å². The van der Waals surface area contributed by atoms with Crippen molar-refractivity contribution in [3.63, 3.8) is 0 Å². The molecule has 2 aromatic carbocycles. The third-order valence-electron chi connectivity index (χ3n) is 6.34. The number of carbonyl (C=O) groups is 1. The van der Waals surface area contributed by atoms with Crippen LogP contribution in [0.5, 0.6) is 0 Å². The Morgan fingerprint density at radius 3 is 2.21 bits per heavy atom. The van der Waals surface area contributed by atoms with Crippen LogP contribution in [-0.2, 0) is 4.84 Å². The summed E-state index contributed by atoms with van der Waals surface area (Å²) >= 11 is 0. The van der Waals surface area contributed by atoms with Crippen LogP contribution in [0.1, 0.15) is 28.8 Å². The number of Topliss-reactive ketones (excluding diaryl/α,β-unsaturated/α-hetero) is 1. The van der Waals surface area contributed by atoms with Gasteiger partial charge in [-0.15, -0.1) is 0 Å². The molecule has 0 saturated heterocycles. The first-order chi connectivity index (χ1) is 13.6. The Morgan fingerprint density at radius 2 is 1.61 bits per heavy atom. The molecule has 140 valence electrons. The number of rotatable bonds is 4.